The fourth-order valence-corrected chi connectivity index (χ4v) is 2.23. The monoisotopic (exact) mass is 219 g/mol. The van der Waals surface area contributed by atoms with E-state index < -0.39 is 10.8 Å². The summed E-state index contributed by atoms with van der Waals surface area (Å²) >= 11 is 0. The number of hydrogen-bond donors (Lipinski definition) is 1. The van der Waals surface area contributed by atoms with Crippen molar-refractivity contribution in [1.29, 1.82) is 0 Å². The number of hydrogen-bond acceptors (Lipinski definition) is 3. The maximum absolute atomic E-state index is 10.8. The van der Waals surface area contributed by atoms with Crippen molar-refractivity contribution in [3.8, 4) is 0 Å². The van der Waals surface area contributed by atoms with Gasteiger partial charge in [-0.2, -0.15) is 0 Å². The summed E-state index contributed by atoms with van der Waals surface area (Å²) < 4.78 is 16.2. The topological polar surface area (TPSA) is 38.3 Å². The van der Waals surface area contributed by atoms with Gasteiger partial charge in [0.2, 0.25) is 0 Å². The van der Waals surface area contributed by atoms with Gasteiger partial charge < -0.3 is 10.1 Å². The zero-order valence-corrected chi connectivity index (χ0v) is 9.78. The largest absolute Gasteiger partial charge is 0.381 e. The van der Waals surface area contributed by atoms with Crippen LogP contribution in [0.15, 0.2) is 0 Å². The molecule has 14 heavy (non-hydrogen) atoms. The van der Waals surface area contributed by atoms with Gasteiger partial charge in [0.25, 0.3) is 0 Å². The average Bonchev–Trinajstić information content (AvgIpc) is 2.18. The third-order valence-electron chi connectivity index (χ3n) is 2.47. The molecule has 1 rings (SSSR count). The van der Waals surface area contributed by atoms with Crippen LogP contribution in [0.2, 0.25) is 0 Å². The highest BCUT2D eigenvalue weighted by atomic mass is 32.2. The van der Waals surface area contributed by atoms with Crippen LogP contribution >= 0.6 is 0 Å². The Morgan fingerprint density at radius 1 is 1.57 bits per heavy atom. The molecule has 0 spiro atoms. The van der Waals surface area contributed by atoms with E-state index >= 15 is 0 Å². The molecular weight excluding hydrogens is 198 g/mol. The lowest BCUT2D eigenvalue weighted by atomic mass is 10.0. The molecule has 0 aromatic heterocycles. The molecule has 0 radical (unpaired) electrons. The van der Waals surface area contributed by atoms with Gasteiger partial charge in [-0.1, -0.05) is 0 Å². The molecule has 0 aliphatic carbocycles. The van der Waals surface area contributed by atoms with E-state index in [0.717, 1.165) is 38.5 Å². The van der Waals surface area contributed by atoms with Gasteiger partial charge in [-0.3, -0.25) is 4.21 Å². The number of rotatable bonds is 6. The lowest BCUT2D eigenvalue weighted by Gasteiger charge is -2.22. The first-order valence-corrected chi connectivity index (χ1v) is 7.10. The van der Waals surface area contributed by atoms with E-state index in [1.807, 2.05) is 0 Å². The summed E-state index contributed by atoms with van der Waals surface area (Å²) in [7, 11) is -0.638. The van der Waals surface area contributed by atoms with E-state index in [0.29, 0.717) is 5.92 Å². The van der Waals surface area contributed by atoms with Gasteiger partial charge in [0.1, 0.15) is 0 Å². The van der Waals surface area contributed by atoms with Crippen molar-refractivity contribution in [3.05, 3.63) is 0 Å². The minimum absolute atomic E-state index is 0.638. The summed E-state index contributed by atoms with van der Waals surface area (Å²) in [6, 6.07) is 0. The van der Waals surface area contributed by atoms with Gasteiger partial charge in [0.05, 0.1) is 6.61 Å². The molecule has 1 aliphatic rings. The second-order valence-electron chi connectivity index (χ2n) is 3.92. The van der Waals surface area contributed by atoms with Crippen LogP contribution in [0.1, 0.15) is 19.3 Å². The molecule has 0 amide bonds. The Hall–Kier alpha value is 0.0700. The minimum Gasteiger partial charge on any atom is -0.381 e. The van der Waals surface area contributed by atoms with Gasteiger partial charge in [-0.15, -0.1) is 0 Å². The second-order valence-corrected chi connectivity index (χ2v) is 5.47. The van der Waals surface area contributed by atoms with Gasteiger partial charge >= 0.3 is 0 Å². The fraction of sp³-hybridized carbons (Fsp3) is 1.00. The lowest BCUT2D eigenvalue weighted by Crippen LogP contribution is -2.30. The minimum atomic E-state index is -0.638. The van der Waals surface area contributed by atoms with E-state index in [1.165, 1.54) is 12.8 Å². The van der Waals surface area contributed by atoms with Crippen LogP contribution in [-0.4, -0.2) is 42.5 Å². The van der Waals surface area contributed by atoms with Crippen molar-refractivity contribution >= 4 is 10.8 Å². The molecule has 1 aliphatic heterocycles. The number of ether oxygens (including phenoxy) is 1. The van der Waals surface area contributed by atoms with Crippen LogP contribution in [0.25, 0.3) is 0 Å². The van der Waals surface area contributed by atoms with Gasteiger partial charge in [0, 0.05) is 36.0 Å². The molecule has 3 nitrogen and oxygen atoms in total. The quantitative estimate of drug-likeness (QED) is 0.671. The summed E-state index contributed by atoms with van der Waals surface area (Å²) in [5, 5.41) is 3.40. The van der Waals surface area contributed by atoms with Crippen LogP contribution < -0.4 is 5.32 Å². The van der Waals surface area contributed by atoms with Crippen LogP contribution in [0.5, 0.6) is 0 Å². The third-order valence-corrected chi connectivity index (χ3v) is 3.34. The number of nitrogens with one attached hydrogen (secondary N) is 1. The van der Waals surface area contributed by atoms with Crippen molar-refractivity contribution in [2.24, 2.45) is 5.92 Å². The first kappa shape index (κ1) is 12.1. The average molecular weight is 219 g/mol. The summed E-state index contributed by atoms with van der Waals surface area (Å²) in [5.41, 5.74) is 0. The van der Waals surface area contributed by atoms with Crippen molar-refractivity contribution in [2.45, 2.75) is 19.3 Å². The zero-order chi connectivity index (χ0) is 10.2. The molecule has 1 saturated heterocycles. The fourth-order valence-electron chi connectivity index (χ4n) is 1.68. The first-order chi connectivity index (χ1) is 6.79. The maximum atomic E-state index is 10.8. The van der Waals surface area contributed by atoms with Crippen molar-refractivity contribution in [1.82, 2.24) is 5.32 Å². The molecule has 0 aromatic carbocycles. The molecule has 0 saturated carbocycles. The van der Waals surface area contributed by atoms with Crippen LogP contribution in [0.3, 0.4) is 0 Å². The standard InChI is InChI=1S/C10H21NO2S/c1-14(12)7-3-5-11-8-10-4-2-6-13-9-10/h10-11H,2-9H2,1H3. The molecule has 4 heteroatoms. The van der Waals surface area contributed by atoms with Crippen LogP contribution in [0.4, 0.5) is 0 Å². The molecule has 1 heterocycles. The second kappa shape index (κ2) is 7.37. The molecule has 84 valence electrons. The Morgan fingerprint density at radius 3 is 3.07 bits per heavy atom. The highest BCUT2D eigenvalue weighted by molar-refractivity contribution is 7.84. The summed E-state index contributed by atoms with van der Waals surface area (Å²) in [6.07, 6.45) is 5.25. The maximum Gasteiger partial charge on any atom is 0.0506 e. The van der Waals surface area contributed by atoms with E-state index in [1.54, 1.807) is 6.26 Å². The predicted octanol–water partition coefficient (Wildman–Crippen LogP) is 0.771. The Balaban J connectivity index is 1.90. The normalized spacial score (nSPS) is 24.8. The predicted molar refractivity (Wildman–Crippen MR) is 60.0 cm³/mol. The van der Waals surface area contributed by atoms with E-state index in [9.17, 15) is 4.21 Å². The molecule has 0 aromatic rings. The molecule has 1 fully saturated rings. The van der Waals surface area contributed by atoms with Crippen LogP contribution in [0, 0.1) is 5.92 Å². The van der Waals surface area contributed by atoms with Gasteiger partial charge in [0.15, 0.2) is 0 Å². The highest BCUT2D eigenvalue weighted by Crippen LogP contribution is 2.11. The van der Waals surface area contributed by atoms with E-state index in [2.05, 4.69) is 5.32 Å². The molecule has 0 bridgehead atoms. The Bertz CT molecular complexity index is 170. The van der Waals surface area contributed by atoms with Gasteiger partial charge in [-0.25, -0.2) is 0 Å². The van der Waals surface area contributed by atoms with E-state index in [-0.39, 0.29) is 0 Å². The zero-order valence-electron chi connectivity index (χ0n) is 8.96. The first-order valence-electron chi connectivity index (χ1n) is 5.37. The summed E-state index contributed by atoms with van der Waals surface area (Å²) in [5.74, 6) is 1.50. The molecule has 2 unspecified atom stereocenters. The Morgan fingerprint density at radius 2 is 2.43 bits per heavy atom. The Labute approximate surface area is 89.1 Å². The summed E-state index contributed by atoms with van der Waals surface area (Å²) in [4.78, 5) is 0. The smallest absolute Gasteiger partial charge is 0.0506 e. The SMILES string of the molecule is CS(=O)CCCNCC1CCCOC1. The molecule has 2 atom stereocenters. The van der Waals surface area contributed by atoms with Crippen LogP contribution in [-0.2, 0) is 15.5 Å². The van der Waals surface area contributed by atoms with Crippen molar-refractivity contribution < 1.29 is 8.95 Å². The van der Waals surface area contributed by atoms with Crippen molar-refractivity contribution in [3.63, 3.8) is 0 Å². The molecular formula is C10H21NO2S. The third kappa shape index (κ3) is 5.73. The highest BCUT2D eigenvalue weighted by Gasteiger charge is 2.12. The van der Waals surface area contributed by atoms with Gasteiger partial charge in [-0.05, 0) is 31.7 Å². The molecule has 1 N–H and O–H groups in total. The summed E-state index contributed by atoms with van der Waals surface area (Å²) in [6.45, 7) is 3.88. The van der Waals surface area contributed by atoms with E-state index in [4.69, 9.17) is 4.74 Å². The lowest BCUT2D eigenvalue weighted by molar-refractivity contribution is 0.0549. The van der Waals surface area contributed by atoms with Crippen molar-refractivity contribution in [2.75, 3.05) is 38.3 Å². The Kier molecular flexibility index (Phi) is 6.39.